The number of rotatable bonds is 2. The summed E-state index contributed by atoms with van der Waals surface area (Å²) in [5.41, 5.74) is 1.51. The SMILES string of the molecule is CC(C)(C)c1cc(C(=O)O)cc(C(C)(C)C)c1O.O=[N+]([O-])c1cccc2cn[nH]c12. The average Bonchev–Trinajstić information content (AvgIpc) is 3.08. The first-order valence-corrected chi connectivity index (χ1v) is 9.41. The van der Waals surface area contributed by atoms with Crippen LogP contribution in [0.5, 0.6) is 5.75 Å². The van der Waals surface area contributed by atoms with Crippen molar-refractivity contribution in [2.24, 2.45) is 0 Å². The van der Waals surface area contributed by atoms with E-state index in [9.17, 15) is 25.1 Å². The molecule has 0 saturated carbocycles. The Labute approximate surface area is 174 Å². The van der Waals surface area contributed by atoms with Crippen molar-refractivity contribution in [3.63, 3.8) is 0 Å². The Balaban J connectivity index is 0.000000230. The maximum Gasteiger partial charge on any atom is 0.335 e. The number of aromatic nitrogens is 2. The third-order valence-electron chi connectivity index (χ3n) is 4.62. The Morgan fingerprint density at radius 1 is 1.07 bits per heavy atom. The van der Waals surface area contributed by atoms with Crippen LogP contribution >= 0.6 is 0 Å². The Kier molecular flexibility index (Phi) is 6.20. The Morgan fingerprint density at radius 2 is 1.60 bits per heavy atom. The lowest BCUT2D eigenvalue weighted by Crippen LogP contribution is -2.18. The van der Waals surface area contributed by atoms with Gasteiger partial charge in [-0.2, -0.15) is 5.10 Å². The normalized spacial score (nSPS) is 11.7. The van der Waals surface area contributed by atoms with Crippen LogP contribution in [0.25, 0.3) is 10.9 Å². The number of H-pyrrole nitrogens is 1. The summed E-state index contributed by atoms with van der Waals surface area (Å²) in [6.45, 7) is 11.8. The van der Waals surface area contributed by atoms with E-state index in [0.29, 0.717) is 16.6 Å². The van der Waals surface area contributed by atoms with Crippen LogP contribution in [0, 0.1) is 10.1 Å². The summed E-state index contributed by atoms with van der Waals surface area (Å²) >= 11 is 0. The number of phenolic OH excluding ortho intramolecular Hbond substituents is 1. The van der Waals surface area contributed by atoms with Crippen molar-refractivity contribution in [2.45, 2.75) is 52.4 Å². The number of nitrogens with zero attached hydrogens (tertiary/aromatic N) is 2. The number of aromatic carboxylic acids is 1. The van der Waals surface area contributed by atoms with Gasteiger partial charge in [-0.1, -0.05) is 53.7 Å². The van der Waals surface area contributed by atoms with Crippen molar-refractivity contribution in [3.8, 4) is 5.75 Å². The fourth-order valence-electron chi connectivity index (χ4n) is 3.01. The molecule has 0 aliphatic carbocycles. The van der Waals surface area contributed by atoms with Gasteiger partial charge in [0.05, 0.1) is 16.7 Å². The van der Waals surface area contributed by atoms with Crippen LogP contribution in [0.2, 0.25) is 0 Å². The van der Waals surface area contributed by atoms with Crippen LogP contribution in [0.4, 0.5) is 5.69 Å². The zero-order valence-corrected chi connectivity index (χ0v) is 18.0. The summed E-state index contributed by atoms with van der Waals surface area (Å²) in [7, 11) is 0. The zero-order valence-electron chi connectivity index (χ0n) is 18.0. The third-order valence-corrected chi connectivity index (χ3v) is 4.62. The Bertz CT molecular complexity index is 1050. The lowest BCUT2D eigenvalue weighted by molar-refractivity contribution is -0.383. The number of carbonyl (C=O) groups is 1. The van der Waals surface area contributed by atoms with Crippen LogP contribution < -0.4 is 0 Å². The number of benzene rings is 2. The van der Waals surface area contributed by atoms with Gasteiger partial charge in [-0.15, -0.1) is 0 Å². The fourth-order valence-corrected chi connectivity index (χ4v) is 3.01. The summed E-state index contributed by atoms with van der Waals surface area (Å²) in [4.78, 5) is 21.2. The molecule has 8 nitrogen and oxygen atoms in total. The average molecular weight is 413 g/mol. The number of para-hydroxylation sites is 1. The highest BCUT2D eigenvalue weighted by atomic mass is 16.6. The van der Waals surface area contributed by atoms with E-state index in [1.807, 2.05) is 41.5 Å². The number of nitro groups is 1. The molecule has 2 aromatic carbocycles. The molecule has 3 N–H and O–H groups in total. The fraction of sp³-hybridized carbons (Fsp3) is 0.364. The number of carboxylic acid groups (broad SMARTS) is 1. The van der Waals surface area contributed by atoms with Crippen molar-refractivity contribution in [1.82, 2.24) is 10.2 Å². The molecule has 160 valence electrons. The molecule has 1 heterocycles. The number of hydrogen-bond donors (Lipinski definition) is 3. The maximum absolute atomic E-state index is 11.2. The van der Waals surface area contributed by atoms with Crippen molar-refractivity contribution < 1.29 is 19.9 Å². The second kappa shape index (κ2) is 8.14. The van der Waals surface area contributed by atoms with Gasteiger partial charge in [0.15, 0.2) is 0 Å². The molecule has 3 rings (SSSR count). The zero-order chi connectivity index (χ0) is 22.9. The van der Waals surface area contributed by atoms with Crippen LogP contribution in [0.15, 0.2) is 36.5 Å². The lowest BCUT2D eigenvalue weighted by Gasteiger charge is -2.27. The molecular weight excluding hydrogens is 386 g/mol. The van der Waals surface area contributed by atoms with Gasteiger partial charge in [-0.3, -0.25) is 15.2 Å². The number of fused-ring (bicyclic) bond motifs is 1. The molecule has 0 bridgehead atoms. The molecule has 0 spiro atoms. The summed E-state index contributed by atoms with van der Waals surface area (Å²) < 4.78 is 0. The quantitative estimate of drug-likeness (QED) is 0.393. The summed E-state index contributed by atoms with van der Waals surface area (Å²) in [5.74, 6) is -0.758. The number of non-ortho nitro benzene ring substituents is 1. The van der Waals surface area contributed by atoms with E-state index >= 15 is 0 Å². The van der Waals surface area contributed by atoms with Crippen LogP contribution in [-0.4, -0.2) is 31.3 Å². The summed E-state index contributed by atoms with van der Waals surface area (Å²) in [6, 6.07) is 7.97. The molecule has 3 aromatic rings. The van der Waals surface area contributed by atoms with Gasteiger partial charge in [0, 0.05) is 22.6 Å². The summed E-state index contributed by atoms with van der Waals surface area (Å²) in [5, 5.41) is 37.1. The molecule has 0 fully saturated rings. The first-order chi connectivity index (χ1) is 13.7. The molecule has 0 atom stereocenters. The number of phenols is 1. The Morgan fingerprint density at radius 3 is 2.03 bits per heavy atom. The number of nitrogens with one attached hydrogen (secondary N) is 1. The van der Waals surface area contributed by atoms with Gasteiger partial charge in [0.25, 0.3) is 5.69 Å². The van der Waals surface area contributed by atoms with Crippen molar-refractivity contribution in [3.05, 3.63) is 63.3 Å². The van der Waals surface area contributed by atoms with Crippen LogP contribution in [0.3, 0.4) is 0 Å². The molecule has 0 amide bonds. The highest BCUT2D eigenvalue weighted by Gasteiger charge is 2.27. The molecule has 8 heteroatoms. The largest absolute Gasteiger partial charge is 0.507 e. The molecule has 0 saturated heterocycles. The molecule has 0 unspecified atom stereocenters. The minimum atomic E-state index is -0.967. The van der Waals surface area contributed by atoms with Gasteiger partial charge in [-0.25, -0.2) is 4.79 Å². The molecule has 0 aliphatic rings. The highest BCUT2D eigenvalue weighted by molar-refractivity contribution is 5.89. The van der Waals surface area contributed by atoms with Crippen molar-refractivity contribution >= 4 is 22.6 Å². The second-order valence-corrected chi connectivity index (χ2v) is 9.09. The van der Waals surface area contributed by atoms with E-state index in [4.69, 9.17) is 0 Å². The monoisotopic (exact) mass is 413 g/mol. The predicted octanol–water partition coefficient (Wildman–Crippen LogP) is 5.16. The standard InChI is InChI=1S/C15H22O3.C7H5N3O2/c1-14(2,3)10-7-9(13(17)18)8-11(12(10)16)15(4,5)6;11-10(12)6-3-1-2-5-4-8-9-7(5)6/h7-8,16H,1-6H3,(H,17,18);1-4H,(H,8,9). The highest BCUT2D eigenvalue weighted by Crippen LogP contribution is 2.39. The first kappa shape index (κ1) is 22.9. The van der Waals surface area contributed by atoms with E-state index < -0.39 is 10.9 Å². The Hall–Kier alpha value is -3.42. The van der Waals surface area contributed by atoms with Gasteiger partial charge in [0.2, 0.25) is 0 Å². The minimum absolute atomic E-state index is 0.0602. The predicted molar refractivity (Wildman–Crippen MR) is 115 cm³/mol. The second-order valence-electron chi connectivity index (χ2n) is 9.09. The van der Waals surface area contributed by atoms with Gasteiger partial charge in [0.1, 0.15) is 11.3 Å². The molecule has 1 aromatic heterocycles. The number of hydrogen-bond acceptors (Lipinski definition) is 5. The smallest absolute Gasteiger partial charge is 0.335 e. The molecule has 30 heavy (non-hydrogen) atoms. The van der Waals surface area contributed by atoms with Crippen molar-refractivity contribution in [1.29, 1.82) is 0 Å². The van der Waals surface area contributed by atoms with Crippen molar-refractivity contribution in [2.75, 3.05) is 0 Å². The number of aromatic amines is 1. The van der Waals surface area contributed by atoms with Crippen LogP contribution in [-0.2, 0) is 10.8 Å². The van der Waals surface area contributed by atoms with E-state index in [0.717, 1.165) is 5.39 Å². The van der Waals surface area contributed by atoms with E-state index in [1.165, 1.54) is 6.07 Å². The van der Waals surface area contributed by atoms with Gasteiger partial charge < -0.3 is 10.2 Å². The maximum atomic E-state index is 11.2. The van der Waals surface area contributed by atoms with E-state index in [-0.39, 0.29) is 27.8 Å². The lowest BCUT2D eigenvalue weighted by atomic mass is 9.78. The summed E-state index contributed by atoms with van der Waals surface area (Å²) in [6.07, 6.45) is 1.56. The number of aromatic hydroxyl groups is 1. The van der Waals surface area contributed by atoms with E-state index in [2.05, 4.69) is 10.2 Å². The van der Waals surface area contributed by atoms with Gasteiger partial charge >= 0.3 is 5.97 Å². The van der Waals surface area contributed by atoms with Gasteiger partial charge in [-0.05, 0) is 23.0 Å². The van der Waals surface area contributed by atoms with Crippen LogP contribution in [0.1, 0.15) is 63.0 Å². The number of nitro benzene ring substituents is 1. The minimum Gasteiger partial charge on any atom is -0.507 e. The molecule has 0 aliphatic heterocycles. The molecular formula is C22H27N3O5. The van der Waals surface area contributed by atoms with E-state index in [1.54, 1.807) is 30.5 Å². The molecule has 0 radical (unpaired) electrons. The third kappa shape index (κ3) is 4.94. The topological polar surface area (TPSA) is 129 Å². The number of carboxylic acids is 1. The first-order valence-electron chi connectivity index (χ1n) is 9.41.